The van der Waals surface area contributed by atoms with Crippen LogP contribution in [-0.2, 0) is 6.42 Å². The lowest BCUT2D eigenvalue weighted by Crippen LogP contribution is -1.99. The molecule has 0 atom stereocenters. The summed E-state index contributed by atoms with van der Waals surface area (Å²) in [5, 5.41) is 0. The van der Waals surface area contributed by atoms with E-state index in [2.05, 4.69) is 122 Å². The number of hydrogen-bond donors (Lipinski definition) is 0. The van der Waals surface area contributed by atoms with E-state index >= 15 is 0 Å². The van der Waals surface area contributed by atoms with Gasteiger partial charge < -0.3 is 0 Å². The lowest BCUT2D eigenvalue weighted by Gasteiger charge is -2.19. The van der Waals surface area contributed by atoms with E-state index in [4.69, 9.17) is 4.98 Å². The monoisotopic (exact) mass is 425 g/mol. The molecule has 1 heteroatoms. The summed E-state index contributed by atoms with van der Waals surface area (Å²) in [4.78, 5) is 4.87. The summed E-state index contributed by atoms with van der Waals surface area (Å²) < 4.78 is 0. The molecule has 1 heterocycles. The molecule has 0 N–H and O–H groups in total. The number of pyridine rings is 1. The van der Waals surface area contributed by atoms with Crippen LogP contribution in [0.25, 0.3) is 44.5 Å². The zero-order chi connectivity index (χ0) is 22.5. The van der Waals surface area contributed by atoms with Crippen LogP contribution in [0, 0.1) is 0 Å². The van der Waals surface area contributed by atoms with Crippen LogP contribution >= 0.6 is 0 Å². The van der Waals surface area contributed by atoms with E-state index in [-0.39, 0.29) is 0 Å². The molecule has 0 spiro atoms. The fourth-order valence-electron chi connectivity index (χ4n) is 4.61. The number of nitrogens with zero attached hydrogens (tertiary/aromatic N) is 1. The van der Waals surface area contributed by atoms with Crippen molar-refractivity contribution in [1.29, 1.82) is 0 Å². The fraction of sp³-hybridized carbons (Fsp3) is 0.0938. The maximum absolute atomic E-state index is 4.87. The fourth-order valence-corrected chi connectivity index (χ4v) is 4.61. The molecular formula is C32H27N. The first-order valence-electron chi connectivity index (χ1n) is 11.6. The molecule has 1 nitrogen and oxygen atoms in total. The number of benzene rings is 4. The van der Waals surface area contributed by atoms with Crippen molar-refractivity contribution in [2.45, 2.75) is 19.8 Å². The minimum absolute atomic E-state index is 0.944. The smallest absolute Gasteiger partial charge is 0.0488 e. The van der Waals surface area contributed by atoms with Crippen LogP contribution < -0.4 is 0 Å². The van der Waals surface area contributed by atoms with Gasteiger partial charge in [0, 0.05) is 17.5 Å². The molecule has 0 aliphatic carbocycles. The van der Waals surface area contributed by atoms with Crippen molar-refractivity contribution in [2.75, 3.05) is 0 Å². The van der Waals surface area contributed by atoms with Gasteiger partial charge in [-0.1, -0.05) is 123 Å². The Labute approximate surface area is 196 Å². The summed E-state index contributed by atoms with van der Waals surface area (Å²) in [7, 11) is 0. The van der Waals surface area contributed by atoms with Crippen molar-refractivity contribution in [3.05, 3.63) is 127 Å². The molecule has 0 bridgehead atoms. The summed E-state index contributed by atoms with van der Waals surface area (Å²) >= 11 is 0. The van der Waals surface area contributed by atoms with Crippen molar-refractivity contribution >= 4 is 0 Å². The van der Waals surface area contributed by atoms with E-state index in [1.807, 2.05) is 6.20 Å². The minimum atomic E-state index is 0.944. The molecule has 5 aromatic rings. The Bertz CT molecular complexity index is 1350. The lowest BCUT2D eigenvalue weighted by molar-refractivity contribution is 0.885. The SMILES string of the molecule is CCCc1nccc(-c2ccccc2-c2ccccc2)c1-c1ccccc1-c1ccccc1. The van der Waals surface area contributed by atoms with Crippen molar-refractivity contribution in [2.24, 2.45) is 0 Å². The van der Waals surface area contributed by atoms with Crippen LogP contribution in [0.4, 0.5) is 0 Å². The Hall–Kier alpha value is -3.97. The molecule has 33 heavy (non-hydrogen) atoms. The topological polar surface area (TPSA) is 12.9 Å². The first kappa shape index (κ1) is 20.9. The van der Waals surface area contributed by atoms with Crippen LogP contribution in [0.15, 0.2) is 121 Å². The third-order valence-corrected chi connectivity index (χ3v) is 6.10. The molecule has 0 radical (unpaired) electrons. The average Bonchev–Trinajstić information content (AvgIpc) is 2.90. The van der Waals surface area contributed by atoms with Crippen molar-refractivity contribution in [3.63, 3.8) is 0 Å². The molecule has 1 aromatic heterocycles. The molecule has 160 valence electrons. The molecule has 0 saturated heterocycles. The van der Waals surface area contributed by atoms with Gasteiger partial charge in [0.25, 0.3) is 0 Å². The van der Waals surface area contributed by atoms with E-state index in [0.29, 0.717) is 0 Å². The summed E-state index contributed by atoms with van der Waals surface area (Å²) in [5.41, 5.74) is 11.0. The third-order valence-electron chi connectivity index (χ3n) is 6.10. The molecule has 5 rings (SSSR count). The Kier molecular flexibility index (Phi) is 6.12. The van der Waals surface area contributed by atoms with E-state index < -0.39 is 0 Å². The maximum atomic E-state index is 4.87. The number of rotatable bonds is 6. The van der Waals surface area contributed by atoms with Gasteiger partial charge in [0.05, 0.1) is 0 Å². The first-order chi connectivity index (χ1) is 16.4. The highest BCUT2D eigenvalue weighted by molar-refractivity contribution is 5.96. The molecule has 0 amide bonds. The summed E-state index contributed by atoms with van der Waals surface area (Å²) in [6.45, 7) is 2.22. The second-order valence-electron chi connectivity index (χ2n) is 8.25. The predicted molar refractivity (Wildman–Crippen MR) is 140 cm³/mol. The normalized spacial score (nSPS) is 10.8. The molecule has 0 saturated carbocycles. The van der Waals surface area contributed by atoms with Gasteiger partial charge in [-0.15, -0.1) is 0 Å². The third kappa shape index (κ3) is 4.23. The molecular weight excluding hydrogens is 398 g/mol. The Morgan fingerprint density at radius 2 is 0.970 bits per heavy atom. The van der Waals surface area contributed by atoms with Crippen molar-refractivity contribution < 1.29 is 0 Å². The van der Waals surface area contributed by atoms with Crippen LogP contribution in [-0.4, -0.2) is 4.98 Å². The van der Waals surface area contributed by atoms with Gasteiger partial charge in [0.2, 0.25) is 0 Å². The van der Waals surface area contributed by atoms with E-state index in [0.717, 1.165) is 18.5 Å². The molecule has 0 unspecified atom stereocenters. The molecule has 0 aliphatic heterocycles. The highest BCUT2D eigenvalue weighted by Crippen LogP contribution is 2.42. The number of aryl methyl sites for hydroxylation is 1. The van der Waals surface area contributed by atoms with Gasteiger partial charge in [-0.3, -0.25) is 4.98 Å². The van der Waals surface area contributed by atoms with Crippen LogP contribution in [0.5, 0.6) is 0 Å². The van der Waals surface area contributed by atoms with E-state index in [1.165, 1.54) is 44.5 Å². The van der Waals surface area contributed by atoms with Crippen LogP contribution in [0.3, 0.4) is 0 Å². The largest absolute Gasteiger partial charge is 0.261 e. The first-order valence-corrected chi connectivity index (χ1v) is 11.6. The highest BCUT2D eigenvalue weighted by Gasteiger charge is 2.19. The summed E-state index contributed by atoms with van der Waals surface area (Å²) in [6.07, 6.45) is 3.97. The van der Waals surface area contributed by atoms with Crippen LogP contribution in [0.1, 0.15) is 19.0 Å². The standard InChI is InChI=1S/C32H27N/c1-2-13-31-32(29-21-12-10-19-27(29)25-16-7-4-8-17-25)30(22-23-33-31)28-20-11-9-18-26(28)24-14-5-3-6-15-24/h3-12,14-23H,2,13H2,1H3. The lowest BCUT2D eigenvalue weighted by atomic mass is 9.85. The summed E-state index contributed by atoms with van der Waals surface area (Å²) in [5.74, 6) is 0. The number of hydrogen-bond acceptors (Lipinski definition) is 1. The van der Waals surface area contributed by atoms with Crippen LogP contribution in [0.2, 0.25) is 0 Å². The quantitative estimate of drug-likeness (QED) is 0.265. The van der Waals surface area contributed by atoms with E-state index in [9.17, 15) is 0 Å². The predicted octanol–water partition coefficient (Wildman–Crippen LogP) is 8.70. The number of aromatic nitrogens is 1. The maximum Gasteiger partial charge on any atom is 0.0488 e. The molecule has 0 fully saturated rings. The Morgan fingerprint density at radius 1 is 0.485 bits per heavy atom. The summed E-state index contributed by atoms with van der Waals surface area (Å²) in [6, 6.07) is 40.9. The van der Waals surface area contributed by atoms with Crippen molar-refractivity contribution in [3.8, 4) is 44.5 Å². The minimum Gasteiger partial charge on any atom is -0.261 e. The second kappa shape index (κ2) is 9.67. The van der Waals surface area contributed by atoms with Gasteiger partial charge in [0.1, 0.15) is 0 Å². The van der Waals surface area contributed by atoms with Gasteiger partial charge in [-0.2, -0.15) is 0 Å². The van der Waals surface area contributed by atoms with Gasteiger partial charge in [0.15, 0.2) is 0 Å². The Balaban J connectivity index is 1.80. The molecule has 0 aliphatic rings. The van der Waals surface area contributed by atoms with Gasteiger partial charge in [-0.25, -0.2) is 0 Å². The molecule has 4 aromatic carbocycles. The van der Waals surface area contributed by atoms with Crippen molar-refractivity contribution in [1.82, 2.24) is 4.98 Å². The van der Waals surface area contributed by atoms with E-state index in [1.54, 1.807) is 0 Å². The van der Waals surface area contributed by atoms with Gasteiger partial charge in [-0.05, 0) is 51.4 Å². The van der Waals surface area contributed by atoms with Gasteiger partial charge >= 0.3 is 0 Å². The average molecular weight is 426 g/mol. The zero-order valence-corrected chi connectivity index (χ0v) is 18.9. The second-order valence-corrected chi connectivity index (χ2v) is 8.25. The Morgan fingerprint density at radius 3 is 1.55 bits per heavy atom. The zero-order valence-electron chi connectivity index (χ0n) is 18.9. The highest BCUT2D eigenvalue weighted by atomic mass is 14.7.